The summed E-state index contributed by atoms with van der Waals surface area (Å²) in [6, 6.07) is 6.05. The van der Waals surface area contributed by atoms with Gasteiger partial charge >= 0.3 is 6.09 Å². The van der Waals surface area contributed by atoms with E-state index in [1.165, 1.54) is 10.4 Å². The van der Waals surface area contributed by atoms with Crippen LogP contribution in [0.25, 0.3) is 0 Å². The molecule has 3 rings (SSSR count). The Kier molecular flexibility index (Phi) is 2.79. The number of aliphatic hydroxyl groups is 1. The molecule has 15 heavy (non-hydrogen) atoms. The van der Waals surface area contributed by atoms with Crippen LogP contribution in [0.1, 0.15) is 0 Å². The number of benzene rings is 1. The lowest BCUT2D eigenvalue weighted by molar-refractivity contribution is 0.0961. The summed E-state index contributed by atoms with van der Waals surface area (Å²) in [5, 5.41) is 14.2. The predicted octanol–water partition coefficient (Wildman–Crippen LogP) is 1.03. The second kappa shape index (κ2) is 4.08. The van der Waals surface area contributed by atoms with E-state index in [0.29, 0.717) is 6.54 Å². The van der Waals surface area contributed by atoms with E-state index in [-0.39, 0.29) is 12.7 Å². The summed E-state index contributed by atoms with van der Waals surface area (Å²) in [4.78, 5) is 10.2. The number of alkyl carbamates (subject to hydrolysis) is 1. The highest BCUT2D eigenvalue weighted by Gasteiger charge is 2.20. The molecule has 0 bridgehead atoms. The van der Waals surface area contributed by atoms with E-state index in [1.54, 1.807) is 0 Å². The lowest BCUT2D eigenvalue weighted by atomic mass is 10.1. The fourth-order valence-corrected chi connectivity index (χ4v) is 1.57. The van der Waals surface area contributed by atoms with Crippen molar-refractivity contribution < 1.29 is 14.6 Å². The minimum absolute atomic E-state index is 0.0985. The smallest absolute Gasteiger partial charge is 0.407 e. The average Bonchev–Trinajstić information content (AvgIpc) is 2.61. The number of ether oxygens (including phenoxy) is 1. The number of halogens is 1. The number of carbonyl (C=O) groups excluding carboxylic acids is 1. The fourth-order valence-electron chi connectivity index (χ4n) is 1.28. The monoisotopic (exact) mass is 227 g/mol. The summed E-state index contributed by atoms with van der Waals surface area (Å²) in [7, 11) is 0. The number of cyclic esters (lactones) is 1. The van der Waals surface area contributed by atoms with Crippen LogP contribution in [0.2, 0.25) is 5.02 Å². The van der Waals surface area contributed by atoms with E-state index < -0.39 is 6.09 Å². The van der Waals surface area contributed by atoms with E-state index in [1.807, 2.05) is 12.1 Å². The normalized spacial score (nSPS) is 19.9. The summed E-state index contributed by atoms with van der Waals surface area (Å²) in [6.07, 6.45) is -0.772. The van der Waals surface area contributed by atoms with Gasteiger partial charge in [-0.3, -0.25) is 0 Å². The maximum absolute atomic E-state index is 10.2. The van der Waals surface area contributed by atoms with Crippen molar-refractivity contribution in [3.8, 4) is 0 Å². The lowest BCUT2D eigenvalue weighted by Gasteiger charge is -2.01. The van der Waals surface area contributed by atoms with Crippen LogP contribution in [0.15, 0.2) is 18.2 Å². The number of hydrogen-bond acceptors (Lipinski definition) is 3. The molecule has 2 N–H and O–H groups in total. The van der Waals surface area contributed by atoms with E-state index in [9.17, 15) is 4.79 Å². The Morgan fingerprint density at radius 1 is 1.60 bits per heavy atom. The molecule has 1 saturated heterocycles. The maximum Gasteiger partial charge on any atom is 0.407 e. The summed E-state index contributed by atoms with van der Waals surface area (Å²) in [5.74, 6) is 0. The Balaban J connectivity index is 0.000000114. The molecule has 1 amide bonds. The SMILES string of the molecule is Clc1cc2ccc1=2.O=C1NCC(CO)O1. The van der Waals surface area contributed by atoms with E-state index in [4.69, 9.17) is 16.7 Å². The molecule has 0 aromatic carbocycles. The van der Waals surface area contributed by atoms with Gasteiger partial charge in [-0.05, 0) is 11.3 Å². The zero-order valence-electron chi connectivity index (χ0n) is 7.87. The van der Waals surface area contributed by atoms with Crippen LogP contribution < -0.4 is 5.32 Å². The topological polar surface area (TPSA) is 58.6 Å². The summed E-state index contributed by atoms with van der Waals surface area (Å²) >= 11 is 5.60. The van der Waals surface area contributed by atoms with Crippen molar-refractivity contribution in [2.24, 2.45) is 0 Å². The zero-order valence-corrected chi connectivity index (χ0v) is 8.62. The molecule has 1 atom stereocenters. The minimum atomic E-state index is -0.441. The molecule has 0 saturated carbocycles. The molecule has 0 spiro atoms. The Morgan fingerprint density at radius 3 is 2.53 bits per heavy atom. The maximum atomic E-state index is 10.2. The number of hydrogen-bond donors (Lipinski definition) is 2. The Morgan fingerprint density at radius 2 is 2.40 bits per heavy atom. The number of rotatable bonds is 1. The highest BCUT2D eigenvalue weighted by atomic mass is 35.5. The number of nitrogens with one attached hydrogen (secondary N) is 1. The van der Waals surface area contributed by atoms with Gasteiger partial charge in [0, 0.05) is 10.2 Å². The first kappa shape index (κ1) is 10.3. The van der Waals surface area contributed by atoms with Crippen LogP contribution in [0, 0.1) is 10.4 Å². The molecule has 1 heterocycles. The molecular formula is C10H10ClNO3. The predicted molar refractivity (Wildman–Crippen MR) is 54.5 cm³/mol. The standard InChI is InChI=1S/C6H3Cl.C4H7NO3/c7-6-3-4-1-2-5(4)6;6-2-3-1-5-4(7)8-3/h1-3H;3,6H,1-2H2,(H,5,7). The highest BCUT2D eigenvalue weighted by molar-refractivity contribution is 6.31. The minimum Gasteiger partial charge on any atom is -0.442 e. The van der Waals surface area contributed by atoms with Crippen molar-refractivity contribution in [1.29, 1.82) is 0 Å². The van der Waals surface area contributed by atoms with Gasteiger partial charge in [0.15, 0.2) is 0 Å². The van der Waals surface area contributed by atoms with Crippen LogP contribution in [-0.2, 0) is 4.74 Å². The van der Waals surface area contributed by atoms with Gasteiger partial charge in [-0.2, -0.15) is 0 Å². The Labute approximate surface area is 91.1 Å². The number of aliphatic hydroxyl groups excluding tert-OH is 1. The molecule has 5 heteroatoms. The Bertz CT molecular complexity index is 474. The second-order valence-electron chi connectivity index (χ2n) is 3.29. The largest absolute Gasteiger partial charge is 0.442 e. The van der Waals surface area contributed by atoms with Gasteiger partial charge in [0.2, 0.25) is 0 Å². The average molecular weight is 228 g/mol. The third-order valence-corrected chi connectivity index (χ3v) is 2.54. The molecule has 1 unspecified atom stereocenters. The van der Waals surface area contributed by atoms with E-state index in [2.05, 4.69) is 16.1 Å². The molecule has 0 aromatic heterocycles. The molecule has 80 valence electrons. The van der Waals surface area contributed by atoms with Gasteiger partial charge in [-0.1, -0.05) is 23.7 Å². The third kappa shape index (κ3) is 2.06. The fraction of sp³-hybridized carbons (Fsp3) is 0.300. The first-order valence-electron chi connectivity index (χ1n) is 4.56. The molecular weight excluding hydrogens is 218 g/mol. The number of amides is 1. The van der Waals surface area contributed by atoms with Crippen LogP contribution in [-0.4, -0.2) is 30.5 Å². The van der Waals surface area contributed by atoms with Crippen molar-refractivity contribution in [3.63, 3.8) is 0 Å². The van der Waals surface area contributed by atoms with Crippen molar-refractivity contribution in [3.05, 3.63) is 33.7 Å². The summed E-state index contributed by atoms with van der Waals surface area (Å²) in [5.41, 5.74) is 0. The van der Waals surface area contributed by atoms with Gasteiger partial charge in [0.1, 0.15) is 6.10 Å². The van der Waals surface area contributed by atoms with Crippen molar-refractivity contribution in [1.82, 2.24) is 5.32 Å². The van der Waals surface area contributed by atoms with Gasteiger partial charge < -0.3 is 15.2 Å². The second-order valence-corrected chi connectivity index (χ2v) is 3.69. The van der Waals surface area contributed by atoms with Crippen LogP contribution in [0.4, 0.5) is 4.79 Å². The molecule has 3 aliphatic rings. The first-order chi connectivity index (χ1) is 7.20. The molecule has 0 radical (unpaired) electrons. The summed E-state index contributed by atoms with van der Waals surface area (Å²) < 4.78 is 4.51. The number of carbonyl (C=O) groups is 1. The van der Waals surface area contributed by atoms with Gasteiger partial charge in [-0.25, -0.2) is 4.79 Å². The van der Waals surface area contributed by atoms with Gasteiger partial charge in [0.05, 0.1) is 13.2 Å². The van der Waals surface area contributed by atoms with Gasteiger partial charge in [-0.15, -0.1) is 0 Å². The van der Waals surface area contributed by atoms with E-state index >= 15 is 0 Å². The quantitative estimate of drug-likeness (QED) is 0.765. The van der Waals surface area contributed by atoms with Crippen LogP contribution >= 0.6 is 11.6 Å². The Hall–Kier alpha value is -1.26. The first-order valence-corrected chi connectivity index (χ1v) is 4.94. The third-order valence-electron chi connectivity index (χ3n) is 2.23. The molecule has 2 aliphatic carbocycles. The molecule has 4 nitrogen and oxygen atoms in total. The molecule has 0 aromatic rings. The molecule has 1 aliphatic heterocycles. The van der Waals surface area contributed by atoms with Crippen LogP contribution in [0.5, 0.6) is 0 Å². The van der Waals surface area contributed by atoms with Crippen molar-refractivity contribution in [2.75, 3.05) is 13.2 Å². The summed E-state index contributed by atoms with van der Waals surface area (Å²) in [6.45, 7) is 0.327. The van der Waals surface area contributed by atoms with Crippen molar-refractivity contribution in [2.45, 2.75) is 6.10 Å². The zero-order chi connectivity index (χ0) is 10.8. The van der Waals surface area contributed by atoms with E-state index in [0.717, 1.165) is 5.02 Å². The highest BCUT2D eigenvalue weighted by Crippen LogP contribution is 2.20. The lowest BCUT2D eigenvalue weighted by Crippen LogP contribution is -2.17. The van der Waals surface area contributed by atoms with Crippen molar-refractivity contribution >= 4 is 17.7 Å². The van der Waals surface area contributed by atoms with Gasteiger partial charge in [0.25, 0.3) is 0 Å². The molecule has 1 fully saturated rings. The van der Waals surface area contributed by atoms with Crippen LogP contribution in [0.3, 0.4) is 0 Å².